The molecule has 1 saturated heterocycles. The van der Waals surface area contributed by atoms with E-state index in [9.17, 15) is 9.18 Å². The Balaban J connectivity index is 2.23. The van der Waals surface area contributed by atoms with E-state index in [0.717, 1.165) is 6.54 Å². The molecule has 0 radical (unpaired) electrons. The summed E-state index contributed by atoms with van der Waals surface area (Å²) in [6.07, 6.45) is 0.646. The summed E-state index contributed by atoms with van der Waals surface area (Å²) in [6.45, 7) is 1.26. The molecule has 1 N–H and O–H groups in total. The lowest BCUT2D eigenvalue weighted by Gasteiger charge is -2.21. The van der Waals surface area contributed by atoms with Crippen LogP contribution in [0.25, 0.3) is 0 Å². The lowest BCUT2D eigenvalue weighted by molar-refractivity contribution is 0.000596. The number of hydrogen-bond acceptors (Lipinski definition) is 3. The Hall–Kier alpha value is -1.42. The van der Waals surface area contributed by atoms with E-state index in [2.05, 4.69) is 5.32 Å². The average Bonchev–Trinajstić information content (AvgIpc) is 2.76. The highest BCUT2D eigenvalue weighted by Crippen LogP contribution is 2.41. The Morgan fingerprint density at radius 3 is 3.07 bits per heavy atom. The third-order valence-corrected chi connectivity index (χ3v) is 3.09. The van der Waals surface area contributed by atoms with E-state index in [1.807, 2.05) is 0 Å². The molecule has 1 aromatic carbocycles. The van der Waals surface area contributed by atoms with Crippen LogP contribution in [0.5, 0.6) is 0 Å². The summed E-state index contributed by atoms with van der Waals surface area (Å²) >= 11 is 0. The highest BCUT2D eigenvalue weighted by atomic mass is 19.1. The van der Waals surface area contributed by atoms with Crippen molar-refractivity contribution in [2.24, 2.45) is 0 Å². The van der Waals surface area contributed by atoms with Crippen LogP contribution in [0.1, 0.15) is 22.3 Å². The second-order valence-corrected chi connectivity index (χ2v) is 3.97. The SMILES string of the molecule is O=C1OC2(CCNC2)c2c(F)cccc21. The number of carbonyl (C=O) groups excluding carboxylic acids is 1. The number of ether oxygens (including phenoxy) is 1. The number of benzene rings is 1. The van der Waals surface area contributed by atoms with Gasteiger partial charge in [0, 0.05) is 18.5 Å². The molecule has 1 spiro atoms. The zero-order valence-electron chi connectivity index (χ0n) is 8.05. The molecule has 1 unspecified atom stereocenters. The summed E-state index contributed by atoms with van der Waals surface area (Å²) < 4.78 is 19.0. The van der Waals surface area contributed by atoms with Gasteiger partial charge in [0.2, 0.25) is 0 Å². The van der Waals surface area contributed by atoms with E-state index in [1.165, 1.54) is 12.1 Å². The molecule has 1 atom stereocenters. The van der Waals surface area contributed by atoms with Crippen LogP contribution in [0.3, 0.4) is 0 Å². The van der Waals surface area contributed by atoms with Crippen molar-refractivity contribution in [1.29, 1.82) is 0 Å². The Kier molecular flexibility index (Phi) is 1.65. The van der Waals surface area contributed by atoms with E-state index >= 15 is 0 Å². The first-order chi connectivity index (χ1) is 7.23. The van der Waals surface area contributed by atoms with Crippen molar-refractivity contribution in [1.82, 2.24) is 5.32 Å². The Morgan fingerprint density at radius 1 is 1.47 bits per heavy atom. The number of esters is 1. The molecule has 0 aliphatic carbocycles. The van der Waals surface area contributed by atoms with Crippen LogP contribution in [0.2, 0.25) is 0 Å². The van der Waals surface area contributed by atoms with E-state index in [1.54, 1.807) is 6.07 Å². The van der Waals surface area contributed by atoms with Gasteiger partial charge in [-0.3, -0.25) is 0 Å². The molecule has 4 heteroatoms. The maximum atomic E-state index is 13.7. The van der Waals surface area contributed by atoms with Crippen molar-refractivity contribution in [3.05, 3.63) is 35.1 Å². The van der Waals surface area contributed by atoms with Crippen molar-refractivity contribution >= 4 is 5.97 Å². The van der Waals surface area contributed by atoms with Gasteiger partial charge in [-0.15, -0.1) is 0 Å². The fourth-order valence-electron chi connectivity index (χ4n) is 2.41. The topological polar surface area (TPSA) is 38.3 Å². The van der Waals surface area contributed by atoms with Crippen molar-refractivity contribution in [3.63, 3.8) is 0 Å². The largest absolute Gasteiger partial charge is 0.449 e. The molecule has 2 heterocycles. The lowest BCUT2D eigenvalue weighted by atomic mass is 9.91. The summed E-state index contributed by atoms with van der Waals surface area (Å²) in [5.41, 5.74) is 0.0521. The molecular weight excluding hydrogens is 197 g/mol. The van der Waals surface area contributed by atoms with Gasteiger partial charge < -0.3 is 10.1 Å². The molecule has 15 heavy (non-hydrogen) atoms. The molecule has 0 aromatic heterocycles. The van der Waals surface area contributed by atoms with Crippen LogP contribution in [0, 0.1) is 5.82 Å². The molecular formula is C11H10FNO2. The molecule has 2 aliphatic rings. The normalized spacial score (nSPS) is 28.2. The zero-order valence-corrected chi connectivity index (χ0v) is 8.05. The van der Waals surface area contributed by atoms with Crippen LogP contribution >= 0.6 is 0 Å². The fourth-order valence-corrected chi connectivity index (χ4v) is 2.41. The zero-order chi connectivity index (χ0) is 10.5. The van der Waals surface area contributed by atoms with Gasteiger partial charge in [0.05, 0.1) is 5.56 Å². The van der Waals surface area contributed by atoms with E-state index in [4.69, 9.17) is 4.74 Å². The third-order valence-electron chi connectivity index (χ3n) is 3.09. The quantitative estimate of drug-likeness (QED) is 0.649. The molecule has 0 amide bonds. The molecule has 2 aliphatic heterocycles. The van der Waals surface area contributed by atoms with Crippen LogP contribution in [-0.4, -0.2) is 19.1 Å². The maximum absolute atomic E-state index is 13.7. The molecule has 0 bridgehead atoms. The molecule has 1 aromatic rings. The highest BCUT2D eigenvalue weighted by Gasteiger charge is 2.49. The summed E-state index contributed by atoms with van der Waals surface area (Å²) in [4.78, 5) is 11.6. The minimum atomic E-state index is -0.752. The molecule has 0 saturated carbocycles. The van der Waals surface area contributed by atoms with Crippen LogP contribution in [0.15, 0.2) is 18.2 Å². The summed E-state index contributed by atoms with van der Waals surface area (Å²) in [5.74, 6) is -0.754. The van der Waals surface area contributed by atoms with E-state index in [0.29, 0.717) is 24.1 Å². The fraction of sp³-hybridized carbons (Fsp3) is 0.364. The summed E-state index contributed by atoms with van der Waals surface area (Å²) in [5, 5.41) is 3.10. The van der Waals surface area contributed by atoms with Crippen molar-refractivity contribution < 1.29 is 13.9 Å². The third kappa shape index (κ3) is 1.05. The first-order valence-corrected chi connectivity index (χ1v) is 4.96. The number of halogens is 1. The van der Waals surface area contributed by atoms with Gasteiger partial charge in [-0.1, -0.05) is 6.07 Å². The van der Waals surface area contributed by atoms with Gasteiger partial charge in [-0.25, -0.2) is 9.18 Å². The molecule has 3 nitrogen and oxygen atoms in total. The van der Waals surface area contributed by atoms with Gasteiger partial charge in [0.15, 0.2) is 5.60 Å². The van der Waals surface area contributed by atoms with Gasteiger partial charge in [-0.05, 0) is 18.7 Å². The van der Waals surface area contributed by atoms with Crippen LogP contribution < -0.4 is 5.32 Å². The predicted molar refractivity (Wildman–Crippen MR) is 51.0 cm³/mol. The smallest absolute Gasteiger partial charge is 0.339 e. The van der Waals surface area contributed by atoms with Crippen molar-refractivity contribution in [3.8, 4) is 0 Å². The van der Waals surface area contributed by atoms with Crippen molar-refractivity contribution in [2.75, 3.05) is 13.1 Å². The van der Waals surface area contributed by atoms with Gasteiger partial charge in [0.25, 0.3) is 0 Å². The van der Waals surface area contributed by atoms with E-state index < -0.39 is 11.6 Å². The first kappa shape index (κ1) is 8.85. The molecule has 1 fully saturated rings. The number of carbonyl (C=O) groups is 1. The Labute approximate surface area is 86.2 Å². The van der Waals surface area contributed by atoms with E-state index in [-0.39, 0.29) is 5.82 Å². The first-order valence-electron chi connectivity index (χ1n) is 4.96. The highest BCUT2D eigenvalue weighted by molar-refractivity contribution is 5.95. The predicted octanol–water partition coefficient (Wildman–Crippen LogP) is 1.18. The second kappa shape index (κ2) is 2.79. The Morgan fingerprint density at radius 2 is 2.33 bits per heavy atom. The van der Waals surface area contributed by atoms with Gasteiger partial charge in [-0.2, -0.15) is 0 Å². The maximum Gasteiger partial charge on any atom is 0.339 e. The van der Waals surface area contributed by atoms with Crippen molar-refractivity contribution in [2.45, 2.75) is 12.0 Å². The van der Waals surface area contributed by atoms with Gasteiger partial charge in [0.1, 0.15) is 5.82 Å². The lowest BCUT2D eigenvalue weighted by Crippen LogP contribution is -2.29. The minimum absolute atomic E-state index is 0.345. The van der Waals surface area contributed by atoms with Gasteiger partial charge >= 0.3 is 5.97 Å². The Bertz CT molecular complexity index is 438. The summed E-state index contributed by atoms with van der Waals surface area (Å²) in [7, 11) is 0. The monoisotopic (exact) mass is 207 g/mol. The standard InChI is InChI=1S/C11H10FNO2/c12-8-3-1-2-7-9(8)11(15-10(7)14)4-5-13-6-11/h1-3,13H,4-6H2. The number of nitrogens with one attached hydrogen (secondary N) is 1. The summed E-state index contributed by atoms with van der Waals surface area (Å²) in [6, 6.07) is 4.53. The number of hydrogen-bond donors (Lipinski definition) is 1. The second-order valence-electron chi connectivity index (χ2n) is 3.97. The average molecular weight is 207 g/mol. The molecule has 3 rings (SSSR count). The van der Waals surface area contributed by atoms with Crippen LogP contribution in [-0.2, 0) is 10.3 Å². The van der Waals surface area contributed by atoms with Crippen LogP contribution in [0.4, 0.5) is 4.39 Å². The minimum Gasteiger partial charge on any atom is -0.449 e. The number of rotatable bonds is 0. The molecule has 78 valence electrons. The number of fused-ring (bicyclic) bond motifs is 2.